The first-order chi connectivity index (χ1) is 14.2. The number of hydrogen-bond acceptors (Lipinski definition) is 7. The smallest absolute Gasteiger partial charge is 0.228 e. The predicted molar refractivity (Wildman–Crippen MR) is 116 cm³/mol. The van der Waals surface area contributed by atoms with Crippen molar-refractivity contribution in [3.8, 4) is 0 Å². The number of rotatable bonds is 6. The van der Waals surface area contributed by atoms with Gasteiger partial charge in [0.05, 0.1) is 46.9 Å². The molecule has 0 saturated carbocycles. The fourth-order valence-electron chi connectivity index (χ4n) is 3.22. The van der Waals surface area contributed by atoms with E-state index in [2.05, 4.69) is 20.2 Å². The van der Waals surface area contributed by atoms with Crippen LogP contribution < -0.4 is 10.2 Å². The van der Waals surface area contributed by atoms with E-state index < -0.39 is 15.1 Å². The Kier molecular flexibility index (Phi) is 6.72. The summed E-state index contributed by atoms with van der Waals surface area (Å²) in [6.45, 7) is 9.77. The summed E-state index contributed by atoms with van der Waals surface area (Å²) in [5.74, 6) is 0.441. The normalized spacial score (nSPS) is 14.8. The Morgan fingerprint density at radius 2 is 1.67 bits per heavy atom. The van der Waals surface area contributed by atoms with Gasteiger partial charge in [-0.25, -0.2) is 18.4 Å². The topological polar surface area (TPSA) is 101 Å². The number of nitrogens with one attached hydrogen (secondary N) is 1. The molecule has 1 fully saturated rings. The lowest BCUT2D eigenvalue weighted by Gasteiger charge is -2.27. The number of sulfone groups is 1. The fraction of sp³-hybridized carbons (Fsp3) is 0.476. The number of aromatic nitrogens is 2. The highest BCUT2D eigenvalue weighted by molar-refractivity contribution is 7.92. The molecule has 0 aliphatic carbocycles. The van der Waals surface area contributed by atoms with Crippen molar-refractivity contribution in [2.45, 2.75) is 44.3 Å². The van der Waals surface area contributed by atoms with Gasteiger partial charge in [-0.2, -0.15) is 0 Å². The van der Waals surface area contributed by atoms with Crippen molar-refractivity contribution in [2.24, 2.45) is 0 Å². The molecule has 0 bridgehead atoms. The molecule has 3 rings (SSSR count). The molecule has 1 amide bonds. The Labute approximate surface area is 177 Å². The first kappa shape index (κ1) is 22.2. The molecule has 162 valence electrons. The summed E-state index contributed by atoms with van der Waals surface area (Å²) >= 11 is 0. The fourth-order valence-corrected chi connectivity index (χ4v) is 4.28. The summed E-state index contributed by atoms with van der Waals surface area (Å²) in [6.07, 6.45) is 0.131. The van der Waals surface area contributed by atoms with Gasteiger partial charge in [-0.3, -0.25) is 4.79 Å². The number of benzene rings is 1. The van der Waals surface area contributed by atoms with Crippen molar-refractivity contribution >= 4 is 27.4 Å². The minimum atomic E-state index is -3.32. The van der Waals surface area contributed by atoms with Crippen LogP contribution in [0.25, 0.3) is 0 Å². The monoisotopic (exact) mass is 432 g/mol. The number of carbonyl (C=O) groups excluding carboxylic acids is 1. The second-order valence-corrected chi connectivity index (χ2v) is 10.1. The molecular weight excluding hydrogens is 404 g/mol. The third-order valence-corrected chi connectivity index (χ3v) is 7.22. The molecule has 0 unspecified atom stereocenters. The third kappa shape index (κ3) is 4.96. The minimum Gasteiger partial charge on any atom is -0.378 e. The van der Waals surface area contributed by atoms with Gasteiger partial charge in [0, 0.05) is 13.1 Å². The molecule has 2 heterocycles. The van der Waals surface area contributed by atoms with Crippen molar-refractivity contribution < 1.29 is 17.9 Å². The van der Waals surface area contributed by atoms with Gasteiger partial charge in [0.15, 0.2) is 9.84 Å². The molecule has 1 aliphatic rings. The Balaban J connectivity index is 1.69. The van der Waals surface area contributed by atoms with E-state index in [4.69, 9.17) is 4.74 Å². The van der Waals surface area contributed by atoms with Gasteiger partial charge in [0.2, 0.25) is 11.9 Å². The van der Waals surface area contributed by atoms with Gasteiger partial charge in [0.1, 0.15) is 0 Å². The SMILES string of the molecule is Cc1nc(N2CCOCC2)nc(C)c1NC(=O)Cc1ccc(S(=O)(=O)C(C)C)cc1. The molecule has 1 N–H and O–H groups in total. The van der Waals surface area contributed by atoms with E-state index in [-0.39, 0.29) is 17.2 Å². The maximum absolute atomic E-state index is 12.6. The molecule has 1 saturated heterocycles. The summed E-state index contributed by atoms with van der Waals surface area (Å²) in [5.41, 5.74) is 2.75. The number of carbonyl (C=O) groups is 1. The number of anilines is 2. The van der Waals surface area contributed by atoms with Gasteiger partial charge in [-0.05, 0) is 45.4 Å². The van der Waals surface area contributed by atoms with Crippen LogP contribution in [0.15, 0.2) is 29.2 Å². The molecule has 1 aliphatic heterocycles. The average molecular weight is 433 g/mol. The zero-order valence-electron chi connectivity index (χ0n) is 17.8. The van der Waals surface area contributed by atoms with Crippen molar-refractivity contribution in [3.05, 3.63) is 41.2 Å². The van der Waals surface area contributed by atoms with Gasteiger partial charge in [-0.15, -0.1) is 0 Å². The van der Waals surface area contributed by atoms with Crippen LogP contribution in [-0.4, -0.2) is 55.8 Å². The molecule has 1 aromatic carbocycles. The number of ether oxygens (including phenoxy) is 1. The Morgan fingerprint density at radius 1 is 1.10 bits per heavy atom. The van der Waals surface area contributed by atoms with Crippen LogP contribution in [-0.2, 0) is 25.8 Å². The molecular formula is C21H28N4O4S. The summed E-state index contributed by atoms with van der Waals surface area (Å²) < 4.78 is 29.8. The Hall–Kier alpha value is -2.52. The van der Waals surface area contributed by atoms with Gasteiger partial charge < -0.3 is 15.0 Å². The summed E-state index contributed by atoms with van der Waals surface area (Å²) in [5, 5.41) is 2.41. The van der Waals surface area contributed by atoms with Crippen LogP contribution in [0.1, 0.15) is 30.8 Å². The standard InChI is InChI=1S/C21H28N4O4S/c1-14(2)30(27,28)18-7-5-17(6-8-18)13-19(26)24-20-15(3)22-21(23-16(20)4)25-9-11-29-12-10-25/h5-8,14H,9-13H2,1-4H3,(H,24,26). The first-order valence-electron chi connectivity index (χ1n) is 9.99. The van der Waals surface area contributed by atoms with E-state index in [1.54, 1.807) is 38.1 Å². The lowest BCUT2D eigenvalue weighted by Crippen LogP contribution is -2.37. The number of aryl methyl sites for hydroxylation is 2. The maximum Gasteiger partial charge on any atom is 0.228 e. The zero-order chi connectivity index (χ0) is 21.9. The number of hydrogen-bond donors (Lipinski definition) is 1. The first-order valence-corrected chi connectivity index (χ1v) is 11.5. The average Bonchev–Trinajstić information content (AvgIpc) is 2.71. The van der Waals surface area contributed by atoms with Crippen LogP contribution in [0, 0.1) is 13.8 Å². The number of morpholine rings is 1. The minimum absolute atomic E-state index is 0.131. The molecule has 2 aromatic rings. The van der Waals surface area contributed by atoms with E-state index in [1.807, 2.05) is 13.8 Å². The lowest BCUT2D eigenvalue weighted by atomic mass is 10.1. The lowest BCUT2D eigenvalue weighted by molar-refractivity contribution is -0.115. The van der Waals surface area contributed by atoms with Gasteiger partial charge in [0.25, 0.3) is 0 Å². The van der Waals surface area contributed by atoms with Gasteiger partial charge in [-0.1, -0.05) is 12.1 Å². The second kappa shape index (κ2) is 9.09. The van der Waals surface area contributed by atoms with Crippen molar-refractivity contribution in [1.29, 1.82) is 0 Å². The second-order valence-electron chi connectivity index (χ2n) is 7.63. The highest BCUT2D eigenvalue weighted by Crippen LogP contribution is 2.22. The molecule has 30 heavy (non-hydrogen) atoms. The summed E-state index contributed by atoms with van der Waals surface area (Å²) in [4.78, 5) is 24.0. The largest absolute Gasteiger partial charge is 0.378 e. The van der Waals surface area contributed by atoms with Crippen LogP contribution in [0.5, 0.6) is 0 Å². The molecule has 0 spiro atoms. The molecule has 0 radical (unpaired) electrons. The number of amides is 1. The molecule has 0 atom stereocenters. The van der Waals surface area contributed by atoms with Crippen molar-refractivity contribution in [1.82, 2.24) is 9.97 Å². The predicted octanol–water partition coefficient (Wildman–Crippen LogP) is 2.29. The Morgan fingerprint density at radius 3 is 2.20 bits per heavy atom. The molecule has 1 aromatic heterocycles. The third-order valence-electron chi connectivity index (χ3n) is 5.05. The maximum atomic E-state index is 12.6. The van der Waals surface area contributed by atoms with E-state index in [9.17, 15) is 13.2 Å². The van der Waals surface area contributed by atoms with Crippen molar-refractivity contribution in [2.75, 3.05) is 36.5 Å². The highest BCUT2D eigenvalue weighted by atomic mass is 32.2. The quantitative estimate of drug-likeness (QED) is 0.747. The zero-order valence-corrected chi connectivity index (χ0v) is 18.6. The van der Waals surface area contributed by atoms with E-state index >= 15 is 0 Å². The van der Waals surface area contributed by atoms with E-state index in [0.29, 0.717) is 36.2 Å². The number of nitrogens with zero attached hydrogens (tertiary/aromatic N) is 3. The van der Waals surface area contributed by atoms with E-state index in [0.717, 1.165) is 18.7 Å². The highest BCUT2D eigenvalue weighted by Gasteiger charge is 2.20. The van der Waals surface area contributed by atoms with Gasteiger partial charge >= 0.3 is 0 Å². The van der Waals surface area contributed by atoms with Crippen LogP contribution >= 0.6 is 0 Å². The summed E-state index contributed by atoms with van der Waals surface area (Å²) in [6, 6.07) is 6.45. The van der Waals surface area contributed by atoms with E-state index in [1.165, 1.54) is 0 Å². The molecule has 8 nitrogen and oxygen atoms in total. The Bertz CT molecular complexity index is 991. The van der Waals surface area contributed by atoms with Crippen LogP contribution in [0.4, 0.5) is 11.6 Å². The van der Waals surface area contributed by atoms with Crippen LogP contribution in [0.2, 0.25) is 0 Å². The molecule has 9 heteroatoms. The van der Waals surface area contributed by atoms with Crippen molar-refractivity contribution in [3.63, 3.8) is 0 Å². The summed E-state index contributed by atoms with van der Waals surface area (Å²) in [7, 11) is -3.32. The van der Waals surface area contributed by atoms with Crippen LogP contribution in [0.3, 0.4) is 0 Å².